The molecule has 4 rings (SSSR count). The van der Waals surface area contributed by atoms with Crippen molar-refractivity contribution >= 4 is 31.5 Å². The van der Waals surface area contributed by atoms with E-state index in [9.17, 15) is 0 Å². The monoisotopic (exact) mass is 540 g/mol. The fraction of sp³-hybridized carbons (Fsp3) is 0.526. The first kappa shape index (κ1) is 29.9. The summed E-state index contributed by atoms with van der Waals surface area (Å²) in [5, 5.41) is 2.94. The van der Waals surface area contributed by atoms with Crippen molar-refractivity contribution in [1.29, 1.82) is 0 Å². The molecule has 0 aliphatic carbocycles. The van der Waals surface area contributed by atoms with Crippen LogP contribution in [0.15, 0.2) is 66.7 Å². The second-order valence-electron chi connectivity index (χ2n) is 11.8. The smallest absolute Gasteiger partial charge is 0.0358 e. The molecule has 0 amide bonds. The molecule has 0 bridgehead atoms. The minimum atomic E-state index is 1.23. The number of thiophene rings is 1. The lowest BCUT2D eigenvalue weighted by molar-refractivity contribution is 0.567. The normalized spacial score (nSPS) is 11.6. The summed E-state index contributed by atoms with van der Waals surface area (Å²) in [6.07, 6.45) is 25.9. The van der Waals surface area contributed by atoms with Crippen molar-refractivity contribution in [2.24, 2.45) is 0 Å². The van der Waals surface area contributed by atoms with Crippen molar-refractivity contribution in [2.45, 2.75) is 129 Å². The van der Waals surface area contributed by atoms with Crippen LogP contribution in [0.2, 0.25) is 0 Å². The summed E-state index contributed by atoms with van der Waals surface area (Å²) in [5.41, 5.74) is 4.53. The van der Waals surface area contributed by atoms with Gasteiger partial charge in [0, 0.05) is 20.2 Å². The number of fused-ring (bicyclic) bond motifs is 3. The summed E-state index contributed by atoms with van der Waals surface area (Å²) < 4.78 is 2.92. The number of benzene rings is 3. The van der Waals surface area contributed by atoms with E-state index in [0.717, 1.165) is 0 Å². The van der Waals surface area contributed by atoms with E-state index >= 15 is 0 Å². The predicted molar refractivity (Wildman–Crippen MR) is 176 cm³/mol. The summed E-state index contributed by atoms with van der Waals surface area (Å²) in [5.74, 6) is 0. The summed E-state index contributed by atoms with van der Waals surface area (Å²) in [6.45, 7) is 2.30. The molecule has 0 atom stereocenters. The number of hydrogen-bond donors (Lipinski definition) is 0. The van der Waals surface area contributed by atoms with Gasteiger partial charge in [0.2, 0.25) is 0 Å². The third-order valence-electron chi connectivity index (χ3n) is 8.44. The summed E-state index contributed by atoms with van der Waals surface area (Å²) in [6, 6.07) is 25.5. The van der Waals surface area contributed by atoms with Crippen LogP contribution in [0.5, 0.6) is 0 Å². The molecule has 0 saturated carbocycles. The Balaban J connectivity index is 1.11. The maximum absolute atomic E-state index is 2.48. The van der Waals surface area contributed by atoms with E-state index in [-0.39, 0.29) is 0 Å². The summed E-state index contributed by atoms with van der Waals surface area (Å²) in [7, 11) is 0. The molecule has 0 unspecified atom stereocenters. The Hall–Kier alpha value is -2.12. The molecule has 1 heterocycles. The molecule has 0 saturated heterocycles. The highest BCUT2D eigenvalue weighted by Crippen LogP contribution is 2.35. The van der Waals surface area contributed by atoms with Crippen LogP contribution in [-0.4, -0.2) is 0 Å². The van der Waals surface area contributed by atoms with Crippen molar-refractivity contribution in [3.63, 3.8) is 0 Å². The Morgan fingerprint density at radius 1 is 0.410 bits per heavy atom. The van der Waals surface area contributed by atoms with Crippen LogP contribution >= 0.6 is 11.3 Å². The average Bonchev–Trinajstić information content (AvgIpc) is 3.33. The topological polar surface area (TPSA) is 0 Å². The SMILES string of the molecule is CCCCCCCCCCc1ccc2sc3cc(CCCCCCCCCCc4ccccc4)ccc3c2c1. The maximum Gasteiger partial charge on any atom is 0.0358 e. The zero-order valence-corrected chi connectivity index (χ0v) is 25.5. The minimum absolute atomic E-state index is 1.23. The van der Waals surface area contributed by atoms with Crippen LogP contribution in [0.3, 0.4) is 0 Å². The number of hydrogen-bond acceptors (Lipinski definition) is 1. The Labute approximate surface area is 243 Å². The molecule has 0 aliphatic rings. The number of unbranched alkanes of at least 4 members (excludes halogenated alkanes) is 14. The fourth-order valence-electron chi connectivity index (χ4n) is 6.01. The van der Waals surface area contributed by atoms with Gasteiger partial charge in [0.25, 0.3) is 0 Å². The molecular weight excluding hydrogens is 488 g/mol. The van der Waals surface area contributed by atoms with Crippen LogP contribution in [0.4, 0.5) is 0 Å². The average molecular weight is 541 g/mol. The van der Waals surface area contributed by atoms with E-state index in [2.05, 4.69) is 73.7 Å². The summed E-state index contributed by atoms with van der Waals surface area (Å²) in [4.78, 5) is 0. The summed E-state index contributed by atoms with van der Waals surface area (Å²) >= 11 is 1.98. The van der Waals surface area contributed by atoms with Crippen molar-refractivity contribution in [3.05, 3.63) is 83.4 Å². The van der Waals surface area contributed by atoms with Gasteiger partial charge in [-0.3, -0.25) is 0 Å². The van der Waals surface area contributed by atoms with Gasteiger partial charge >= 0.3 is 0 Å². The second kappa shape index (κ2) is 17.5. The molecule has 0 spiro atoms. The fourth-order valence-corrected chi connectivity index (χ4v) is 7.16. The van der Waals surface area contributed by atoms with E-state index in [4.69, 9.17) is 0 Å². The zero-order valence-electron chi connectivity index (χ0n) is 24.7. The van der Waals surface area contributed by atoms with Gasteiger partial charge in [0.05, 0.1) is 0 Å². The van der Waals surface area contributed by atoms with Gasteiger partial charge in [0.1, 0.15) is 0 Å². The Bertz CT molecular complexity index is 1200. The molecule has 3 aromatic carbocycles. The predicted octanol–water partition coefficient (Wildman–Crippen LogP) is 12.6. The quantitative estimate of drug-likeness (QED) is 0.0978. The molecule has 0 N–H and O–H groups in total. The standard InChI is InChI=1S/C38H52S/c1-2-3-4-5-6-9-13-17-24-33-27-29-37-36(30-33)35-28-26-34(31-38(35)39-37)25-18-14-11-8-7-10-12-16-21-32-22-19-15-20-23-32/h15,19-20,22-23,26-31H,2-14,16-18,21,24-25H2,1H3. The van der Waals surface area contributed by atoms with Gasteiger partial charge in [-0.25, -0.2) is 0 Å². The minimum Gasteiger partial charge on any atom is -0.135 e. The molecule has 0 fully saturated rings. The van der Waals surface area contributed by atoms with Gasteiger partial charge < -0.3 is 0 Å². The molecule has 0 radical (unpaired) electrons. The van der Waals surface area contributed by atoms with Crippen LogP contribution in [0, 0.1) is 0 Å². The largest absolute Gasteiger partial charge is 0.135 e. The lowest BCUT2D eigenvalue weighted by Gasteiger charge is -2.04. The molecule has 1 heteroatoms. The Morgan fingerprint density at radius 2 is 0.923 bits per heavy atom. The first-order valence-electron chi connectivity index (χ1n) is 16.3. The van der Waals surface area contributed by atoms with Crippen molar-refractivity contribution in [1.82, 2.24) is 0 Å². The van der Waals surface area contributed by atoms with Crippen LogP contribution in [-0.2, 0) is 19.3 Å². The maximum atomic E-state index is 2.48. The van der Waals surface area contributed by atoms with Crippen LogP contribution in [0.1, 0.15) is 126 Å². The third kappa shape index (κ3) is 10.4. The highest BCUT2D eigenvalue weighted by atomic mass is 32.1. The third-order valence-corrected chi connectivity index (χ3v) is 9.58. The molecule has 39 heavy (non-hydrogen) atoms. The highest BCUT2D eigenvalue weighted by Gasteiger charge is 2.07. The van der Waals surface area contributed by atoms with Crippen LogP contribution in [0.25, 0.3) is 20.2 Å². The Kier molecular flexibility index (Phi) is 13.4. The molecule has 210 valence electrons. The van der Waals surface area contributed by atoms with E-state index in [0.29, 0.717) is 0 Å². The van der Waals surface area contributed by atoms with E-state index < -0.39 is 0 Å². The number of rotatable bonds is 20. The van der Waals surface area contributed by atoms with E-state index in [1.807, 2.05) is 11.3 Å². The van der Waals surface area contributed by atoms with Crippen molar-refractivity contribution < 1.29 is 0 Å². The van der Waals surface area contributed by atoms with Gasteiger partial charge in [-0.1, -0.05) is 139 Å². The van der Waals surface area contributed by atoms with E-state index in [1.54, 1.807) is 0 Å². The van der Waals surface area contributed by atoms with Crippen molar-refractivity contribution in [3.8, 4) is 0 Å². The molecule has 4 aromatic rings. The lowest BCUT2D eigenvalue weighted by Crippen LogP contribution is -1.88. The number of aryl methyl sites for hydroxylation is 3. The molecular formula is C38H52S. The Morgan fingerprint density at radius 3 is 1.54 bits per heavy atom. The molecule has 0 aliphatic heterocycles. The highest BCUT2D eigenvalue weighted by molar-refractivity contribution is 7.25. The zero-order chi connectivity index (χ0) is 27.0. The lowest BCUT2D eigenvalue weighted by atomic mass is 10.0. The molecule has 0 nitrogen and oxygen atoms in total. The van der Waals surface area contributed by atoms with Gasteiger partial charge in [0.15, 0.2) is 0 Å². The van der Waals surface area contributed by atoms with Crippen molar-refractivity contribution in [2.75, 3.05) is 0 Å². The second-order valence-corrected chi connectivity index (χ2v) is 12.9. The molecule has 1 aromatic heterocycles. The van der Waals surface area contributed by atoms with Crippen LogP contribution < -0.4 is 0 Å². The first-order valence-corrected chi connectivity index (χ1v) is 17.1. The van der Waals surface area contributed by atoms with Gasteiger partial charge in [-0.2, -0.15) is 0 Å². The first-order chi connectivity index (χ1) is 19.3. The van der Waals surface area contributed by atoms with Gasteiger partial charge in [-0.05, 0) is 73.4 Å². The van der Waals surface area contributed by atoms with Gasteiger partial charge in [-0.15, -0.1) is 11.3 Å². The van der Waals surface area contributed by atoms with E-state index in [1.165, 1.54) is 159 Å².